The van der Waals surface area contributed by atoms with Gasteiger partial charge < -0.3 is 10.5 Å². The first-order valence-corrected chi connectivity index (χ1v) is 3.49. The number of hydrogen-bond acceptors (Lipinski definition) is 3. The van der Waals surface area contributed by atoms with Crippen LogP contribution < -0.4 is 10.5 Å². The van der Waals surface area contributed by atoms with Crippen molar-refractivity contribution in [3.63, 3.8) is 0 Å². The van der Waals surface area contributed by atoms with E-state index in [4.69, 9.17) is 5.73 Å². The number of anilines is 1. The number of hydrogen-bond donors (Lipinski definition) is 1. The van der Waals surface area contributed by atoms with Crippen molar-refractivity contribution in [3.8, 4) is 5.75 Å². The third kappa shape index (κ3) is 3.08. The van der Waals surface area contributed by atoms with Gasteiger partial charge in [-0.3, -0.25) is 0 Å². The Kier molecular flexibility index (Phi) is 2.78. The second-order valence-corrected chi connectivity index (χ2v) is 2.45. The maximum atomic E-state index is 12.4. The van der Waals surface area contributed by atoms with Gasteiger partial charge in [0.1, 0.15) is 5.75 Å². The van der Waals surface area contributed by atoms with Crippen molar-refractivity contribution >= 4 is 5.69 Å². The van der Waals surface area contributed by atoms with E-state index < -0.39 is 18.7 Å². The number of ether oxygens (including phenoxy) is 1. The third-order valence-electron chi connectivity index (χ3n) is 1.25. The van der Waals surface area contributed by atoms with E-state index in [9.17, 15) is 17.6 Å². The number of pyridine rings is 1. The lowest BCUT2D eigenvalue weighted by atomic mass is 10.4. The molecule has 0 saturated heterocycles. The molecule has 0 radical (unpaired) electrons. The van der Waals surface area contributed by atoms with E-state index in [1.165, 1.54) is 0 Å². The third-order valence-corrected chi connectivity index (χ3v) is 1.25. The van der Waals surface area contributed by atoms with Crippen molar-refractivity contribution in [2.75, 3.05) is 12.3 Å². The molecule has 0 unspecified atom stereocenters. The molecule has 78 valence electrons. The number of nitrogens with two attached hydrogens (primary N) is 1. The molecule has 0 aliphatic heterocycles. The summed E-state index contributed by atoms with van der Waals surface area (Å²) < 4.78 is 51.8. The number of aromatic nitrogens is 1. The summed E-state index contributed by atoms with van der Waals surface area (Å²) in [5, 5.41) is 0. The molecule has 3 nitrogen and oxygen atoms in total. The number of nitrogens with zero attached hydrogens (tertiary/aromatic N) is 1. The Balaban J connectivity index is 2.72. The SMILES string of the molecule is Nc1cnc(F)cc1OCC(F)(F)F. The summed E-state index contributed by atoms with van der Waals surface area (Å²) >= 11 is 0. The zero-order valence-electron chi connectivity index (χ0n) is 6.81. The van der Waals surface area contributed by atoms with E-state index in [1.54, 1.807) is 0 Å². The van der Waals surface area contributed by atoms with E-state index in [-0.39, 0.29) is 11.4 Å². The van der Waals surface area contributed by atoms with Gasteiger partial charge in [0.25, 0.3) is 0 Å². The summed E-state index contributed by atoms with van der Waals surface area (Å²) in [5.41, 5.74) is 5.05. The topological polar surface area (TPSA) is 48.1 Å². The second kappa shape index (κ2) is 3.69. The van der Waals surface area contributed by atoms with E-state index in [0.29, 0.717) is 6.07 Å². The summed E-state index contributed by atoms with van der Waals surface area (Å²) in [6, 6.07) is 0.696. The minimum atomic E-state index is -4.48. The van der Waals surface area contributed by atoms with Crippen molar-refractivity contribution in [1.82, 2.24) is 4.98 Å². The molecular weight excluding hydrogens is 204 g/mol. The van der Waals surface area contributed by atoms with Gasteiger partial charge in [0.05, 0.1) is 11.9 Å². The molecule has 0 saturated carbocycles. The Hall–Kier alpha value is -1.53. The van der Waals surface area contributed by atoms with Gasteiger partial charge in [0, 0.05) is 6.07 Å². The molecule has 1 aromatic heterocycles. The lowest BCUT2D eigenvalue weighted by molar-refractivity contribution is -0.153. The van der Waals surface area contributed by atoms with Crippen LogP contribution in [0.3, 0.4) is 0 Å². The van der Waals surface area contributed by atoms with Crippen molar-refractivity contribution in [2.24, 2.45) is 0 Å². The molecule has 2 N–H and O–H groups in total. The zero-order chi connectivity index (χ0) is 10.8. The second-order valence-electron chi connectivity index (χ2n) is 2.45. The smallest absolute Gasteiger partial charge is 0.422 e. The van der Waals surface area contributed by atoms with Gasteiger partial charge in [-0.05, 0) is 0 Å². The van der Waals surface area contributed by atoms with Crippen LogP contribution in [0.4, 0.5) is 23.2 Å². The minimum absolute atomic E-state index is 0.143. The summed E-state index contributed by atoms with van der Waals surface area (Å²) in [5.74, 6) is -1.31. The molecule has 0 amide bonds. The molecule has 0 aliphatic rings. The minimum Gasteiger partial charge on any atom is -0.482 e. The first-order valence-electron chi connectivity index (χ1n) is 3.49. The predicted octanol–water partition coefficient (Wildman–Crippen LogP) is 1.74. The maximum Gasteiger partial charge on any atom is 0.422 e. The molecule has 14 heavy (non-hydrogen) atoms. The molecule has 7 heteroatoms. The Bertz CT molecular complexity index is 326. The van der Waals surface area contributed by atoms with Gasteiger partial charge in [-0.15, -0.1) is 0 Å². The summed E-state index contributed by atoms with van der Waals surface area (Å²) in [6.07, 6.45) is -3.59. The maximum absolute atomic E-state index is 12.4. The largest absolute Gasteiger partial charge is 0.482 e. The molecule has 0 atom stereocenters. The van der Waals surface area contributed by atoms with Gasteiger partial charge in [-0.2, -0.15) is 17.6 Å². The number of halogens is 4. The van der Waals surface area contributed by atoms with Crippen LogP contribution in [0.15, 0.2) is 12.3 Å². The molecule has 1 rings (SSSR count). The molecule has 0 bridgehead atoms. The zero-order valence-corrected chi connectivity index (χ0v) is 6.81. The molecule has 0 fully saturated rings. The normalized spacial score (nSPS) is 11.4. The van der Waals surface area contributed by atoms with Crippen molar-refractivity contribution < 1.29 is 22.3 Å². The highest BCUT2D eigenvalue weighted by molar-refractivity contribution is 5.49. The van der Waals surface area contributed by atoms with Crippen molar-refractivity contribution in [2.45, 2.75) is 6.18 Å². The molecule has 0 aliphatic carbocycles. The lowest BCUT2D eigenvalue weighted by Gasteiger charge is -2.10. The summed E-state index contributed by atoms with van der Waals surface area (Å²) in [6.45, 7) is -1.51. The van der Waals surface area contributed by atoms with E-state index in [0.717, 1.165) is 6.20 Å². The highest BCUT2D eigenvalue weighted by Gasteiger charge is 2.28. The van der Waals surface area contributed by atoms with Gasteiger partial charge in [-0.1, -0.05) is 0 Å². The number of rotatable bonds is 2. The summed E-state index contributed by atoms with van der Waals surface area (Å²) in [7, 11) is 0. The average molecular weight is 210 g/mol. The Labute approximate surface area is 76.5 Å². The molecule has 1 aromatic rings. The predicted molar refractivity (Wildman–Crippen MR) is 40.2 cm³/mol. The van der Waals surface area contributed by atoms with E-state index >= 15 is 0 Å². The van der Waals surface area contributed by atoms with E-state index in [2.05, 4.69) is 9.72 Å². The Morgan fingerprint density at radius 3 is 2.64 bits per heavy atom. The monoisotopic (exact) mass is 210 g/mol. The first kappa shape index (κ1) is 10.6. The quantitative estimate of drug-likeness (QED) is 0.597. The van der Waals surface area contributed by atoms with Gasteiger partial charge >= 0.3 is 6.18 Å². The Morgan fingerprint density at radius 1 is 1.43 bits per heavy atom. The van der Waals surface area contributed by atoms with Crippen LogP contribution in [0.5, 0.6) is 5.75 Å². The van der Waals surface area contributed by atoms with Crippen LogP contribution in [-0.2, 0) is 0 Å². The number of nitrogen functional groups attached to an aromatic ring is 1. The van der Waals surface area contributed by atoms with Crippen LogP contribution >= 0.6 is 0 Å². The fourth-order valence-electron chi connectivity index (χ4n) is 0.708. The van der Waals surface area contributed by atoms with Gasteiger partial charge in [-0.25, -0.2) is 4.98 Å². The van der Waals surface area contributed by atoms with Crippen LogP contribution in [0, 0.1) is 5.95 Å². The van der Waals surface area contributed by atoms with Crippen LogP contribution in [0.1, 0.15) is 0 Å². The lowest BCUT2D eigenvalue weighted by Crippen LogP contribution is -2.19. The van der Waals surface area contributed by atoms with Crippen LogP contribution in [0.25, 0.3) is 0 Å². The highest BCUT2D eigenvalue weighted by Crippen LogP contribution is 2.23. The first-order chi connectivity index (χ1) is 6.38. The van der Waals surface area contributed by atoms with Crippen LogP contribution in [0.2, 0.25) is 0 Å². The van der Waals surface area contributed by atoms with Gasteiger partial charge in [0.15, 0.2) is 6.61 Å². The Morgan fingerprint density at radius 2 is 2.07 bits per heavy atom. The molecule has 0 spiro atoms. The molecule has 1 heterocycles. The molecular formula is C7H6F4N2O. The fraction of sp³-hybridized carbons (Fsp3) is 0.286. The average Bonchev–Trinajstić information content (AvgIpc) is 2.05. The highest BCUT2D eigenvalue weighted by atomic mass is 19.4. The van der Waals surface area contributed by atoms with Crippen molar-refractivity contribution in [3.05, 3.63) is 18.2 Å². The van der Waals surface area contributed by atoms with E-state index in [1.807, 2.05) is 0 Å². The van der Waals surface area contributed by atoms with Crippen LogP contribution in [-0.4, -0.2) is 17.8 Å². The van der Waals surface area contributed by atoms with Crippen molar-refractivity contribution in [1.29, 1.82) is 0 Å². The summed E-state index contributed by atoms with van der Waals surface area (Å²) in [4.78, 5) is 3.13. The van der Waals surface area contributed by atoms with Gasteiger partial charge in [0.2, 0.25) is 5.95 Å². The number of alkyl halides is 3. The molecule has 0 aromatic carbocycles. The standard InChI is InChI=1S/C7H6F4N2O/c8-6-1-5(4(12)2-13-6)14-3-7(9,10)11/h1-2H,3,12H2. The fourth-order valence-corrected chi connectivity index (χ4v) is 0.708.